The number of benzene rings is 1. The lowest BCUT2D eigenvalue weighted by Crippen LogP contribution is -2.48. The largest absolute Gasteiger partial charge is 0.490 e. The van der Waals surface area contributed by atoms with E-state index in [4.69, 9.17) is 9.47 Å². The number of alkyl halides is 3. The molecule has 2 rings (SSSR count). The third kappa shape index (κ3) is 5.91. The number of hydrogen-bond acceptors (Lipinski definition) is 4. The first-order chi connectivity index (χ1) is 10.9. The van der Waals surface area contributed by atoms with Gasteiger partial charge in [0, 0.05) is 32.2 Å². The molecular formula is C16H23F3N2O2. The molecule has 1 aromatic carbocycles. The fourth-order valence-electron chi connectivity index (χ4n) is 2.61. The molecule has 0 aliphatic carbocycles. The molecule has 1 aromatic rings. The number of nitrogens with zero attached hydrogens (tertiary/aromatic N) is 1. The summed E-state index contributed by atoms with van der Waals surface area (Å²) in [6, 6.07) is 5.55. The molecule has 0 bridgehead atoms. The molecule has 1 saturated heterocycles. The summed E-state index contributed by atoms with van der Waals surface area (Å²) in [5.41, 5.74) is 1.00. The van der Waals surface area contributed by atoms with Crippen LogP contribution in [-0.4, -0.2) is 50.0 Å². The van der Waals surface area contributed by atoms with Gasteiger partial charge in [0.1, 0.15) is 0 Å². The van der Waals surface area contributed by atoms with E-state index in [1.807, 2.05) is 0 Å². The van der Waals surface area contributed by atoms with Gasteiger partial charge in [-0.25, -0.2) is 0 Å². The Balaban J connectivity index is 2.05. The third-order valence-corrected chi connectivity index (χ3v) is 3.56. The van der Waals surface area contributed by atoms with Crippen molar-refractivity contribution in [1.29, 1.82) is 0 Å². The number of nitrogens with one attached hydrogen (secondary N) is 1. The molecule has 1 aliphatic rings. The van der Waals surface area contributed by atoms with Crippen LogP contribution >= 0.6 is 0 Å². The predicted molar refractivity (Wildman–Crippen MR) is 81.9 cm³/mol. The van der Waals surface area contributed by atoms with Crippen LogP contribution in [0, 0.1) is 0 Å². The number of rotatable bonds is 6. The zero-order valence-corrected chi connectivity index (χ0v) is 13.4. The van der Waals surface area contributed by atoms with E-state index >= 15 is 0 Å². The minimum absolute atomic E-state index is 0.126. The summed E-state index contributed by atoms with van der Waals surface area (Å²) >= 11 is 0. The van der Waals surface area contributed by atoms with Gasteiger partial charge in [-0.05, 0) is 31.5 Å². The van der Waals surface area contributed by atoms with Crippen LogP contribution in [0.5, 0.6) is 11.5 Å². The van der Waals surface area contributed by atoms with Gasteiger partial charge in [-0.15, -0.1) is 0 Å². The van der Waals surface area contributed by atoms with Gasteiger partial charge in [0.2, 0.25) is 0 Å². The third-order valence-electron chi connectivity index (χ3n) is 3.56. The molecule has 1 N–H and O–H groups in total. The maximum Gasteiger partial charge on any atom is 0.422 e. The van der Waals surface area contributed by atoms with Crippen molar-refractivity contribution in [3.8, 4) is 11.5 Å². The van der Waals surface area contributed by atoms with Gasteiger partial charge in [0.25, 0.3) is 0 Å². The fraction of sp³-hybridized carbons (Fsp3) is 0.625. The topological polar surface area (TPSA) is 33.7 Å². The molecule has 0 radical (unpaired) electrons. The SMILES string of the molecule is CCOc1cc(CN2CCN[C@H](C)C2)ccc1OCC(F)(F)F. The van der Waals surface area contributed by atoms with Crippen LogP contribution in [0.25, 0.3) is 0 Å². The quantitative estimate of drug-likeness (QED) is 0.869. The summed E-state index contributed by atoms with van der Waals surface area (Å²) in [5, 5.41) is 3.38. The first-order valence-electron chi connectivity index (χ1n) is 7.78. The van der Waals surface area contributed by atoms with Crippen LogP contribution in [-0.2, 0) is 6.54 Å². The van der Waals surface area contributed by atoms with E-state index in [1.54, 1.807) is 25.1 Å². The molecule has 0 saturated carbocycles. The summed E-state index contributed by atoms with van der Waals surface area (Å²) in [6.45, 7) is 6.54. The lowest BCUT2D eigenvalue weighted by Gasteiger charge is -2.31. The minimum atomic E-state index is -4.36. The van der Waals surface area contributed by atoms with Crippen molar-refractivity contribution in [1.82, 2.24) is 10.2 Å². The molecule has 0 spiro atoms. The van der Waals surface area contributed by atoms with E-state index in [9.17, 15) is 13.2 Å². The minimum Gasteiger partial charge on any atom is -0.490 e. The van der Waals surface area contributed by atoms with Crippen LogP contribution < -0.4 is 14.8 Å². The lowest BCUT2D eigenvalue weighted by atomic mass is 10.1. The molecule has 130 valence electrons. The van der Waals surface area contributed by atoms with E-state index < -0.39 is 12.8 Å². The Morgan fingerprint density at radius 3 is 2.70 bits per heavy atom. The highest BCUT2D eigenvalue weighted by atomic mass is 19.4. The molecular weight excluding hydrogens is 309 g/mol. The normalized spacial score (nSPS) is 19.6. The Labute approximate surface area is 134 Å². The second-order valence-electron chi connectivity index (χ2n) is 5.71. The van der Waals surface area contributed by atoms with Crippen molar-refractivity contribution < 1.29 is 22.6 Å². The highest BCUT2D eigenvalue weighted by Gasteiger charge is 2.29. The average molecular weight is 332 g/mol. The summed E-state index contributed by atoms with van der Waals surface area (Å²) in [7, 11) is 0. The van der Waals surface area contributed by atoms with Crippen molar-refractivity contribution in [3.63, 3.8) is 0 Å². The van der Waals surface area contributed by atoms with Crippen LogP contribution in [0.3, 0.4) is 0 Å². The second kappa shape index (κ2) is 7.88. The number of piperazine rings is 1. The zero-order valence-electron chi connectivity index (χ0n) is 13.4. The molecule has 1 aliphatic heterocycles. The number of halogens is 3. The standard InChI is InChI=1S/C16H23F3N2O2/c1-3-22-15-8-13(10-21-7-6-20-12(2)9-21)4-5-14(15)23-11-16(17,18)19/h4-5,8,12,20H,3,6-7,9-11H2,1-2H3/t12-/m1/s1. The van der Waals surface area contributed by atoms with Crippen molar-refractivity contribution in [3.05, 3.63) is 23.8 Å². The van der Waals surface area contributed by atoms with Gasteiger partial charge in [-0.2, -0.15) is 13.2 Å². The fourth-order valence-corrected chi connectivity index (χ4v) is 2.61. The summed E-state index contributed by atoms with van der Waals surface area (Å²) < 4.78 is 47.2. The maximum absolute atomic E-state index is 12.3. The van der Waals surface area contributed by atoms with E-state index in [-0.39, 0.29) is 5.75 Å². The molecule has 0 aromatic heterocycles. The number of ether oxygens (including phenoxy) is 2. The molecule has 0 unspecified atom stereocenters. The van der Waals surface area contributed by atoms with Gasteiger partial charge in [-0.1, -0.05) is 6.07 Å². The van der Waals surface area contributed by atoms with Gasteiger partial charge < -0.3 is 14.8 Å². The second-order valence-corrected chi connectivity index (χ2v) is 5.71. The summed E-state index contributed by atoms with van der Waals surface area (Å²) in [4.78, 5) is 2.31. The first-order valence-corrected chi connectivity index (χ1v) is 7.78. The molecule has 7 heteroatoms. The Bertz CT molecular complexity index is 509. The molecule has 1 atom stereocenters. The molecule has 4 nitrogen and oxygen atoms in total. The summed E-state index contributed by atoms with van der Waals surface area (Å²) in [5.74, 6) is 0.485. The monoisotopic (exact) mass is 332 g/mol. The average Bonchev–Trinajstić information content (AvgIpc) is 2.46. The van der Waals surface area contributed by atoms with E-state index in [0.29, 0.717) is 18.4 Å². The Morgan fingerprint density at radius 2 is 2.04 bits per heavy atom. The van der Waals surface area contributed by atoms with Crippen molar-refractivity contribution in [2.75, 3.05) is 32.8 Å². The van der Waals surface area contributed by atoms with Crippen LogP contribution in [0.15, 0.2) is 18.2 Å². The van der Waals surface area contributed by atoms with E-state index in [2.05, 4.69) is 17.1 Å². The van der Waals surface area contributed by atoms with Gasteiger partial charge >= 0.3 is 6.18 Å². The smallest absolute Gasteiger partial charge is 0.422 e. The lowest BCUT2D eigenvalue weighted by molar-refractivity contribution is -0.153. The summed E-state index contributed by atoms with van der Waals surface area (Å²) in [6.07, 6.45) is -4.36. The van der Waals surface area contributed by atoms with Crippen molar-refractivity contribution in [2.45, 2.75) is 32.6 Å². The zero-order chi connectivity index (χ0) is 16.9. The van der Waals surface area contributed by atoms with Gasteiger partial charge in [0.15, 0.2) is 18.1 Å². The first kappa shape index (κ1) is 17.9. The highest BCUT2D eigenvalue weighted by Crippen LogP contribution is 2.30. The van der Waals surface area contributed by atoms with Crippen LogP contribution in [0.1, 0.15) is 19.4 Å². The number of hydrogen-bond donors (Lipinski definition) is 1. The van der Waals surface area contributed by atoms with Crippen LogP contribution in [0.2, 0.25) is 0 Å². The van der Waals surface area contributed by atoms with E-state index in [1.165, 1.54) is 0 Å². The van der Waals surface area contributed by atoms with Gasteiger partial charge in [-0.3, -0.25) is 4.90 Å². The molecule has 1 heterocycles. The van der Waals surface area contributed by atoms with Crippen molar-refractivity contribution in [2.24, 2.45) is 0 Å². The molecule has 1 fully saturated rings. The van der Waals surface area contributed by atoms with E-state index in [0.717, 1.165) is 31.7 Å². The Hall–Kier alpha value is -1.47. The van der Waals surface area contributed by atoms with Crippen molar-refractivity contribution >= 4 is 0 Å². The highest BCUT2D eigenvalue weighted by molar-refractivity contribution is 5.43. The molecule has 0 amide bonds. The van der Waals surface area contributed by atoms with Gasteiger partial charge in [0.05, 0.1) is 6.61 Å². The Morgan fingerprint density at radius 1 is 1.26 bits per heavy atom. The Kier molecular flexibility index (Phi) is 6.12. The maximum atomic E-state index is 12.3. The molecule has 23 heavy (non-hydrogen) atoms. The van der Waals surface area contributed by atoms with Crippen LogP contribution in [0.4, 0.5) is 13.2 Å². The predicted octanol–water partition coefficient (Wildman–Crippen LogP) is 2.82.